The summed E-state index contributed by atoms with van der Waals surface area (Å²) in [6.45, 7) is 4.78. The van der Waals surface area contributed by atoms with Gasteiger partial charge in [0.25, 0.3) is 0 Å². The first-order valence-electron chi connectivity index (χ1n) is 7.65. The molecule has 0 saturated heterocycles. The summed E-state index contributed by atoms with van der Waals surface area (Å²) in [5.74, 6) is -2.24. The topological polar surface area (TPSA) is 84.5 Å². The molecule has 1 aromatic rings. The van der Waals surface area contributed by atoms with Gasteiger partial charge in [0.05, 0.1) is 7.11 Å². The average molecular weight is 338 g/mol. The minimum Gasteiger partial charge on any atom is -0.467 e. The zero-order valence-electron chi connectivity index (χ0n) is 14.3. The van der Waals surface area contributed by atoms with Crippen molar-refractivity contribution < 1.29 is 23.5 Å². The van der Waals surface area contributed by atoms with Crippen molar-refractivity contribution in [2.75, 3.05) is 7.11 Å². The molecular weight excluding hydrogens is 315 g/mol. The highest BCUT2D eigenvalue weighted by Gasteiger charge is 2.29. The Morgan fingerprint density at radius 2 is 1.79 bits per heavy atom. The Labute approximate surface area is 140 Å². The van der Waals surface area contributed by atoms with E-state index in [0.29, 0.717) is 5.56 Å². The molecule has 0 unspecified atom stereocenters. The second-order valence-corrected chi connectivity index (χ2v) is 5.80. The van der Waals surface area contributed by atoms with Gasteiger partial charge in [0, 0.05) is 13.3 Å². The van der Waals surface area contributed by atoms with E-state index in [9.17, 15) is 18.8 Å². The number of esters is 1. The third-order valence-electron chi connectivity index (χ3n) is 3.50. The first-order chi connectivity index (χ1) is 11.3. The van der Waals surface area contributed by atoms with Gasteiger partial charge < -0.3 is 15.4 Å². The summed E-state index contributed by atoms with van der Waals surface area (Å²) in [5, 5.41) is 5.05. The first-order valence-corrected chi connectivity index (χ1v) is 7.65. The highest BCUT2D eigenvalue weighted by Crippen LogP contribution is 2.11. The van der Waals surface area contributed by atoms with Crippen LogP contribution in [0.4, 0.5) is 4.39 Å². The standard InChI is InChI=1S/C17H23FN2O4/c1-10(2)15(17(23)24-4)20-16(22)14(19-11(3)21)9-12-7-5-6-8-13(12)18/h5-8,10,14-15H,9H2,1-4H3,(H,19,21)(H,20,22)/t14-,15-/m1/s1. The van der Waals surface area contributed by atoms with Gasteiger partial charge >= 0.3 is 5.97 Å². The van der Waals surface area contributed by atoms with Crippen LogP contribution in [0, 0.1) is 11.7 Å². The third kappa shape index (κ3) is 5.64. The lowest BCUT2D eigenvalue weighted by molar-refractivity contribution is -0.146. The van der Waals surface area contributed by atoms with Crippen LogP contribution >= 0.6 is 0 Å². The number of amides is 2. The molecule has 2 atom stereocenters. The van der Waals surface area contributed by atoms with Gasteiger partial charge in [-0.05, 0) is 17.5 Å². The molecule has 132 valence electrons. The summed E-state index contributed by atoms with van der Waals surface area (Å²) in [7, 11) is 1.23. The number of hydrogen-bond acceptors (Lipinski definition) is 4. The van der Waals surface area contributed by atoms with E-state index in [1.165, 1.54) is 26.2 Å². The van der Waals surface area contributed by atoms with Crippen LogP contribution < -0.4 is 10.6 Å². The Bertz CT molecular complexity index is 604. The molecule has 0 radical (unpaired) electrons. The molecule has 2 N–H and O–H groups in total. The quantitative estimate of drug-likeness (QED) is 0.732. The Morgan fingerprint density at radius 3 is 2.29 bits per heavy atom. The zero-order valence-corrected chi connectivity index (χ0v) is 14.3. The summed E-state index contributed by atoms with van der Waals surface area (Å²) in [6.07, 6.45) is -0.0237. The summed E-state index contributed by atoms with van der Waals surface area (Å²) in [6, 6.07) is 4.16. The van der Waals surface area contributed by atoms with Crippen LogP contribution in [0.3, 0.4) is 0 Å². The van der Waals surface area contributed by atoms with E-state index in [-0.39, 0.29) is 12.3 Å². The monoisotopic (exact) mass is 338 g/mol. The normalized spacial score (nSPS) is 13.1. The molecule has 0 heterocycles. The number of carbonyl (C=O) groups is 3. The zero-order chi connectivity index (χ0) is 18.3. The molecule has 0 aliphatic rings. The second-order valence-electron chi connectivity index (χ2n) is 5.80. The highest BCUT2D eigenvalue weighted by atomic mass is 19.1. The third-order valence-corrected chi connectivity index (χ3v) is 3.50. The predicted molar refractivity (Wildman–Crippen MR) is 86.5 cm³/mol. The summed E-state index contributed by atoms with van der Waals surface area (Å²) in [4.78, 5) is 35.6. The van der Waals surface area contributed by atoms with Gasteiger partial charge in [0.15, 0.2) is 0 Å². The Kier molecular flexibility index (Phi) is 7.35. The maximum atomic E-state index is 13.8. The van der Waals surface area contributed by atoms with Gasteiger partial charge in [-0.15, -0.1) is 0 Å². The van der Waals surface area contributed by atoms with Crippen LogP contribution in [0.5, 0.6) is 0 Å². The van der Waals surface area contributed by atoms with Crippen LogP contribution in [0.1, 0.15) is 26.3 Å². The molecule has 1 rings (SSSR count). The lowest BCUT2D eigenvalue weighted by Crippen LogP contribution is -2.53. The molecule has 1 aromatic carbocycles. The maximum Gasteiger partial charge on any atom is 0.328 e. The Morgan fingerprint density at radius 1 is 1.17 bits per heavy atom. The van der Waals surface area contributed by atoms with E-state index < -0.39 is 35.7 Å². The largest absolute Gasteiger partial charge is 0.467 e. The van der Waals surface area contributed by atoms with Gasteiger partial charge in [-0.25, -0.2) is 9.18 Å². The molecule has 6 nitrogen and oxygen atoms in total. The molecule has 2 amide bonds. The Balaban J connectivity index is 2.94. The summed E-state index contributed by atoms with van der Waals surface area (Å²) < 4.78 is 18.5. The van der Waals surface area contributed by atoms with Crippen molar-refractivity contribution in [2.24, 2.45) is 5.92 Å². The minimum atomic E-state index is -0.995. The molecule has 0 spiro atoms. The van der Waals surface area contributed by atoms with Crippen LogP contribution in [0.15, 0.2) is 24.3 Å². The van der Waals surface area contributed by atoms with Crippen LogP contribution in [0.25, 0.3) is 0 Å². The van der Waals surface area contributed by atoms with Crippen molar-refractivity contribution in [1.82, 2.24) is 10.6 Å². The van der Waals surface area contributed by atoms with Crippen molar-refractivity contribution in [3.63, 3.8) is 0 Å². The van der Waals surface area contributed by atoms with Gasteiger partial charge in [-0.1, -0.05) is 32.0 Å². The van der Waals surface area contributed by atoms with E-state index in [1.54, 1.807) is 26.0 Å². The summed E-state index contributed by atoms with van der Waals surface area (Å²) in [5.41, 5.74) is 0.297. The molecule has 7 heteroatoms. The molecule has 0 bridgehead atoms. The predicted octanol–water partition coefficient (Wildman–Crippen LogP) is 1.19. The fraction of sp³-hybridized carbons (Fsp3) is 0.471. The second kappa shape index (κ2) is 9.00. The van der Waals surface area contributed by atoms with E-state index in [1.807, 2.05) is 0 Å². The number of nitrogens with one attached hydrogen (secondary N) is 2. The van der Waals surface area contributed by atoms with Crippen LogP contribution in [-0.2, 0) is 25.5 Å². The molecule has 0 aliphatic carbocycles. The fourth-order valence-corrected chi connectivity index (χ4v) is 2.22. The van der Waals surface area contributed by atoms with Crippen molar-refractivity contribution in [3.05, 3.63) is 35.6 Å². The van der Waals surface area contributed by atoms with Crippen LogP contribution in [-0.4, -0.2) is 37.0 Å². The molecule has 0 aliphatic heterocycles. The number of methoxy groups -OCH3 is 1. The van der Waals surface area contributed by atoms with Crippen molar-refractivity contribution in [2.45, 2.75) is 39.3 Å². The van der Waals surface area contributed by atoms with E-state index >= 15 is 0 Å². The molecular formula is C17H23FN2O4. The smallest absolute Gasteiger partial charge is 0.328 e. The summed E-state index contributed by atoms with van der Waals surface area (Å²) >= 11 is 0. The van der Waals surface area contributed by atoms with Crippen molar-refractivity contribution in [3.8, 4) is 0 Å². The van der Waals surface area contributed by atoms with Crippen LogP contribution in [0.2, 0.25) is 0 Å². The SMILES string of the molecule is COC(=O)[C@H](NC(=O)[C@@H](Cc1ccccc1F)NC(C)=O)C(C)C. The highest BCUT2D eigenvalue weighted by molar-refractivity contribution is 5.90. The lowest BCUT2D eigenvalue weighted by atomic mass is 10.0. The van der Waals surface area contributed by atoms with Gasteiger partial charge in [-0.3, -0.25) is 9.59 Å². The lowest BCUT2D eigenvalue weighted by Gasteiger charge is -2.24. The number of rotatable bonds is 7. The van der Waals surface area contributed by atoms with Crippen molar-refractivity contribution in [1.29, 1.82) is 0 Å². The van der Waals surface area contributed by atoms with E-state index in [0.717, 1.165) is 0 Å². The molecule has 24 heavy (non-hydrogen) atoms. The first kappa shape index (κ1) is 19.6. The van der Waals surface area contributed by atoms with Crippen molar-refractivity contribution >= 4 is 17.8 Å². The number of ether oxygens (including phenoxy) is 1. The maximum absolute atomic E-state index is 13.8. The average Bonchev–Trinajstić information content (AvgIpc) is 2.52. The molecule has 0 aromatic heterocycles. The van der Waals surface area contributed by atoms with Gasteiger partial charge in [-0.2, -0.15) is 0 Å². The van der Waals surface area contributed by atoms with E-state index in [2.05, 4.69) is 15.4 Å². The fourth-order valence-electron chi connectivity index (χ4n) is 2.22. The van der Waals surface area contributed by atoms with Gasteiger partial charge in [0.1, 0.15) is 17.9 Å². The number of carbonyl (C=O) groups excluding carboxylic acids is 3. The number of benzene rings is 1. The molecule has 0 fully saturated rings. The number of halogens is 1. The molecule has 0 saturated carbocycles. The Hall–Kier alpha value is -2.44. The minimum absolute atomic E-state index is 0.0237. The van der Waals surface area contributed by atoms with E-state index in [4.69, 9.17) is 0 Å². The number of hydrogen-bond donors (Lipinski definition) is 2. The van der Waals surface area contributed by atoms with Gasteiger partial charge in [0.2, 0.25) is 11.8 Å².